The third kappa shape index (κ3) is 3.62. The summed E-state index contributed by atoms with van der Waals surface area (Å²) < 4.78 is 38.0. The number of halogens is 3. The normalized spacial score (nSPS) is 14.5. The van der Waals surface area contributed by atoms with Crippen LogP contribution in [0.2, 0.25) is 0 Å². The molecule has 5 nitrogen and oxygen atoms in total. The molecule has 1 aromatic heterocycles. The molecule has 1 aliphatic rings. The van der Waals surface area contributed by atoms with Crippen LogP contribution in [-0.2, 0) is 6.18 Å². The van der Waals surface area contributed by atoms with Gasteiger partial charge in [-0.2, -0.15) is 13.2 Å². The van der Waals surface area contributed by atoms with Gasteiger partial charge in [-0.1, -0.05) is 0 Å². The van der Waals surface area contributed by atoms with Gasteiger partial charge in [0.25, 0.3) is 5.91 Å². The van der Waals surface area contributed by atoms with E-state index in [2.05, 4.69) is 20.2 Å². The van der Waals surface area contributed by atoms with E-state index in [4.69, 9.17) is 0 Å². The van der Waals surface area contributed by atoms with Crippen LogP contribution in [0, 0.1) is 0 Å². The van der Waals surface area contributed by atoms with E-state index in [0.717, 1.165) is 66.9 Å². The predicted octanol–water partition coefficient (Wildman–Crippen LogP) is 4.50. The summed E-state index contributed by atoms with van der Waals surface area (Å²) in [6.45, 7) is 1.85. The lowest BCUT2D eigenvalue weighted by atomic mass is 10.1. The summed E-state index contributed by atoms with van der Waals surface area (Å²) in [5.74, 6) is 0.348. The van der Waals surface area contributed by atoms with Gasteiger partial charge in [0.05, 0.1) is 11.1 Å². The number of alkyl halides is 3. The summed E-state index contributed by atoms with van der Waals surface area (Å²) in [5, 5.41) is 3.56. The zero-order valence-corrected chi connectivity index (χ0v) is 14.8. The smallest absolute Gasteiger partial charge is 0.356 e. The van der Waals surface area contributed by atoms with Crippen LogP contribution >= 0.6 is 0 Å². The van der Waals surface area contributed by atoms with E-state index in [1.807, 2.05) is 0 Å². The number of rotatable bonds is 3. The lowest BCUT2D eigenvalue weighted by Crippen LogP contribution is -2.19. The van der Waals surface area contributed by atoms with Gasteiger partial charge in [-0.3, -0.25) is 4.79 Å². The average molecular weight is 386 g/mol. The SMILES string of the molecule is O=C(Nc1ccc2ncnc(N3CCCC3)c2c1)c1ccc(C(F)(F)F)cc1. The zero-order valence-electron chi connectivity index (χ0n) is 14.8. The van der Waals surface area contributed by atoms with Crippen molar-refractivity contribution in [1.29, 1.82) is 0 Å². The van der Waals surface area contributed by atoms with Crippen molar-refractivity contribution in [3.05, 3.63) is 59.9 Å². The first-order valence-electron chi connectivity index (χ1n) is 8.90. The van der Waals surface area contributed by atoms with Gasteiger partial charge in [-0.25, -0.2) is 9.97 Å². The highest BCUT2D eigenvalue weighted by molar-refractivity contribution is 6.05. The van der Waals surface area contributed by atoms with E-state index in [-0.39, 0.29) is 5.56 Å². The number of amides is 1. The Kier molecular flexibility index (Phi) is 4.62. The number of benzene rings is 2. The maximum absolute atomic E-state index is 12.7. The second-order valence-electron chi connectivity index (χ2n) is 6.65. The molecular weight excluding hydrogens is 369 g/mol. The van der Waals surface area contributed by atoms with Crippen LogP contribution in [0.15, 0.2) is 48.8 Å². The van der Waals surface area contributed by atoms with E-state index < -0.39 is 17.6 Å². The summed E-state index contributed by atoms with van der Waals surface area (Å²) >= 11 is 0. The number of carbonyl (C=O) groups excluding carboxylic acids is 1. The second-order valence-corrected chi connectivity index (χ2v) is 6.65. The summed E-state index contributed by atoms with van der Waals surface area (Å²) in [7, 11) is 0. The highest BCUT2D eigenvalue weighted by atomic mass is 19.4. The van der Waals surface area contributed by atoms with Crippen molar-refractivity contribution in [2.75, 3.05) is 23.3 Å². The Morgan fingerprint density at radius 2 is 1.71 bits per heavy atom. The Labute approximate surface area is 159 Å². The monoisotopic (exact) mass is 386 g/mol. The van der Waals surface area contributed by atoms with Gasteiger partial charge in [0, 0.05) is 29.7 Å². The molecule has 3 aromatic rings. The van der Waals surface area contributed by atoms with Crippen LogP contribution in [0.4, 0.5) is 24.7 Å². The molecule has 0 unspecified atom stereocenters. The van der Waals surface area contributed by atoms with Gasteiger partial charge in [0.2, 0.25) is 0 Å². The van der Waals surface area contributed by atoms with E-state index in [0.29, 0.717) is 5.69 Å². The lowest BCUT2D eigenvalue weighted by molar-refractivity contribution is -0.137. The van der Waals surface area contributed by atoms with Crippen LogP contribution in [0.5, 0.6) is 0 Å². The van der Waals surface area contributed by atoms with Crippen molar-refractivity contribution in [3.8, 4) is 0 Å². The van der Waals surface area contributed by atoms with Gasteiger partial charge >= 0.3 is 6.18 Å². The third-order valence-electron chi connectivity index (χ3n) is 4.75. The number of hydrogen-bond acceptors (Lipinski definition) is 4. The van der Waals surface area contributed by atoms with Crippen molar-refractivity contribution in [2.45, 2.75) is 19.0 Å². The molecule has 4 rings (SSSR count). The Morgan fingerprint density at radius 3 is 2.39 bits per heavy atom. The molecule has 0 radical (unpaired) electrons. The number of aromatic nitrogens is 2. The minimum absolute atomic E-state index is 0.150. The zero-order chi connectivity index (χ0) is 19.7. The van der Waals surface area contributed by atoms with Gasteiger partial charge in [-0.05, 0) is 55.3 Å². The Morgan fingerprint density at radius 1 is 1.00 bits per heavy atom. The highest BCUT2D eigenvalue weighted by Gasteiger charge is 2.30. The molecule has 144 valence electrons. The molecule has 0 spiro atoms. The van der Waals surface area contributed by atoms with E-state index in [1.54, 1.807) is 18.2 Å². The number of nitrogens with one attached hydrogen (secondary N) is 1. The summed E-state index contributed by atoms with van der Waals surface area (Å²) in [6.07, 6.45) is -0.693. The van der Waals surface area contributed by atoms with Gasteiger partial charge in [0.1, 0.15) is 12.1 Å². The fourth-order valence-corrected chi connectivity index (χ4v) is 3.32. The van der Waals surface area contributed by atoms with Crippen LogP contribution in [0.1, 0.15) is 28.8 Å². The fraction of sp³-hybridized carbons (Fsp3) is 0.250. The molecule has 0 bridgehead atoms. The quantitative estimate of drug-likeness (QED) is 0.720. The first kappa shape index (κ1) is 18.2. The number of hydrogen-bond donors (Lipinski definition) is 1. The molecule has 1 aliphatic heterocycles. The van der Waals surface area contributed by atoms with E-state index in [1.165, 1.54) is 6.33 Å². The van der Waals surface area contributed by atoms with Crippen LogP contribution in [0.3, 0.4) is 0 Å². The Balaban J connectivity index is 1.59. The molecule has 0 atom stereocenters. The second kappa shape index (κ2) is 7.10. The van der Waals surface area contributed by atoms with Crippen molar-refractivity contribution < 1.29 is 18.0 Å². The average Bonchev–Trinajstić information content (AvgIpc) is 3.21. The molecule has 1 N–H and O–H groups in total. The number of fused-ring (bicyclic) bond motifs is 1. The maximum atomic E-state index is 12.7. The highest BCUT2D eigenvalue weighted by Crippen LogP contribution is 2.30. The minimum atomic E-state index is -4.43. The summed E-state index contributed by atoms with van der Waals surface area (Å²) in [4.78, 5) is 23.3. The van der Waals surface area contributed by atoms with Crippen LogP contribution in [-0.4, -0.2) is 29.0 Å². The number of anilines is 2. The molecule has 28 heavy (non-hydrogen) atoms. The standard InChI is InChI=1S/C20H17F3N4O/c21-20(22,23)14-5-3-13(4-6-14)19(28)26-15-7-8-17-16(11-15)18(25-12-24-17)27-9-1-2-10-27/h3-8,11-12H,1-2,9-10H2,(H,26,28). The Bertz CT molecular complexity index is 1010. The van der Waals surface area contributed by atoms with Gasteiger partial charge < -0.3 is 10.2 Å². The molecule has 8 heteroatoms. The molecule has 2 aromatic carbocycles. The molecule has 1 saturated heterocycles. The van der Waals surface area contributed by atoms with Crippen molar-refractivity contribution in [1.82, 2.24) is 9.97 Å². The molecule has 2 heterocycles. The topological polar surface area (TPSA) is 58.1 Å². The third-order valence-corrected chi connectivity index (χ3v) is 4.75. The Hall–Kier alpha value is -3.16. The molecule has 0 saturated carbocycles. The first-order valence-corrected chi connectivity index (χ1v) is 8.90. The van der Waals surface area contributed by atoms with E-state index >= 15 is 0 Å². The van der Waals surface area contributed by atoms with Crippen LogP contribution in [0.25, 0.3) is 10.9 Å². The molecule has 1 fully saturated rings. The molecule has 0 aliphatic carbocycles. The number of carbonyl (C=O) groups is 1. The number of nitrogens with zero attached hydrogens (tertiary/aromatic N) is 3. The van der Waals surface area contributed by atoms with Crippen LogP contribution < -0.4 is 10.2 Å². The lowest BCUT2D eigenvalue weighted by Gasteiger charge is -2.18. The van der Waals surface area contributed by atoms with E-state index in [9.17, 15) is 18.0 Å². The van der Waals surface area contributed by atoms with Gasteiger partial charge in [0.15, 0.2) is 0 Å². The molecule has 1 amide bonds. The minimum Gasteiger partial charge on any atom is -0.356 e. The van der Waals surface area contributed by atoms with Crippen molar-refractivity contribution in [3.63, 3.8) is 0 Å². The fourth-order valence-electron chi connectivity index (χ4n) is 3.32. The molecular formula is C20H17F3N4O. The van der Waals surface area contributed by atoms with Crippen molar-refractivity contribution >= 4 is 28.3 Å². The van der Waals surface area contributed by atoms with Crippen molar-refractivity contribution in [2.24, 2.45) is 0 Å². The maximum Gasteiger partial charge on any atom is 0.416 e. The first-order chi connectivity index (χ1) is 13.4. The largest absolute Gasteiger partial charge is 0.416 e. The summed E-state index contributed by atoms with van der Waals surface area (Å²) in [5.41, 5.74) is 0.663. The summed E-state index contributed by atoms with van der Waals surface area (Å²) in [6, 6.07) is 9.42. The van der Waals surface area contributed by atoms with Gasteiger partial charge in [-0.15, -0.1) is 0 Å². The predicted molar refractivity (Wildman–Crippen MR) is 100 cm³/mol.